The van der Waals surface area contributed by atoms with Gasteiger partial charge in [0.2, 0.25) is 5.95 Å². The van der Waals surface area contributed by atoms with Gasteiger partial charge < -0.3 is 5.73 Å². The van der Waals surface area contributed by atoms with Crippen LogP contribution < -0.4 is 5.73 Å². The van der Waals surface area contributed by atoms with Crippen LogP contribution >= 0.6 is 0 Å². The molecule has 0 saturated carbocycles. The van der Waals surface area contributed by atoms with Crippen molar-refractivity contribution in [1.29, 1.82) is 0 Å². The number of nitrogen functional groups attached to an aromatic ring is 1. The van der Waals surface area contributed by atoms with E-state index in [1.807, 2.05) is 0 Å². The molecular formula is C11H17FN4. The number of nitrogens with zero attached hydrogens (tertiary/aromatic N) is 3. The molecule has 0 aromatic carbocycles. The van der Waals surface area contributed by atoms with Crippen LogP contribution in [-0.4, -0.2) is 33.6 Å². The van der Waals surface area contributed by atoms with E-state index in [0.717, 1.165) is 25.2 Å². The zero-order chi connectivity index (χ0) is 11.6. The maximum Gasteiger partial charge on any atom is 0.219 e. The topological polar surface area (TPSA) is 55.0 Å². The largest absolute Gasteiger partial charge is 0.368 e. The maximum atomic E-state index is 13.6. The summed E-state index contributed by atoms with van der Waals surface area (Å²) in [5.74, 6) is 0.290. The average molecular weight is 224 g/mol. The van der Waals surface area contributed by atoms with Crippen LogP contribution in [0.15, 0.2) is 12.4 Å². The summed E-state index contributed by atoms with van der Waals surface area (Å²) < 4.78 is 13.6. The fraction of sp³-hybridized carbons (Fsp3) is 0.636. The number of halogens is 1. The Hall–Kier alpha value is -1.23. The fourth-order valence-electron chi connectivity index (χ4n) is 1.88. The van der Waals surface area contributed by atoms with Crippen molar-refractivity contribution in [2.45, 2.75) is 32.0 Å². The molecule has 1 fully saturated rings. The Morgan fingerprint density at radius 1 is 1.38 bits per heavy atom. The molecule has 1 aromatic rings. The van der Waals surface area contributed by atoms with Crippen molar-refractivity contribution in [3.05, 3.63) is 18.0 Å². The van der Waals surface area contributed by atoms with Gasteiger partial charge >= 0.3 is 0 Å². The summed E-state index contributed by atoms with van der Waals surface area (Å²) in [7, 11) is 0. The van der Waals surface area contributed by atoms with Crippen molar-refractivity contribution in [3.63, 3.8) is 0 Å². The van der Waals surface area contributed by atoms with Crippen LogP contribution in [0.1, 0.15) is 25.3 Å². The second-order valence-electron chi connectivity index (χ2n) is 4.64. The molecule has 1 aliphatic heterocycles. The van der Waals surface area contributed by atoms with Gasteiger partial charge in [-0.3, -0.25) is 4.90 Å². The van der Waals surface area contributed by atoms with E-state index in [9.17, 15) is 4.39 Å². The second-order valence-corrected chi connectivity index (χ2v) is 4.64. The minimum atomic E-state index is -0.992. The molecule has 1 saturated heterocycles. The number of rotatable bonds is 2. The Morgan fingerprint density at radius 3 is 2.50 bits per heavy atom. The lowest BCUT2D eigenvalue weighted by Crippen LogP contribution is -2.39. The van der Waals surface area contributed by atoms with Crippen LogP contribution in [0.5, 0.6) is 0 Å². The molecule has 16 heavy (non-hydrogen) atoms. The SMILES string of the molecule is CC1(F)CCN(Cc2cnc(N)nc2)CC1. The highest BCUT2D eigenvalue weighted by Gasteiger charge is 2.29. The fourth-order valence-corrected chi connectivity index (χ4v) is 1.88. The standard InChI is InChI=1S/C11H17FN4/c1-11(12)2-4-16(5-3-11)8-9-6-14-10(13)15-7-9/h6-7H,2-5,8H2,1H3,(H2,13,14,15). The monoisotopic (exact) mass is 224 g/mol. The summed E-state index contributed by atoms with van der Waals surface area (Å²) in [4.78, 5) is 10.1. The lowest BCUT2D eigenvalue weighted by molar-refractivity contribution is 0.0704. The van der Waals surface area contributed by atoms with Gasteiger partial charge in [-0.25, -0.2) is 14.4 Å². The Morgan fingerprint density at radius 2 is 1.94 bits per heavy atom. The second kappa shape index (κ2) is 4.33. The number of anilines is 1. The van der Waals surface area contributed by atoms with Crippen LogP contribution in [0, 0.1) is 0 Å². The van der Waals surface area contributed by atoms with Crippen molar-refractivity contribution >= 4 is 5.95 Å². The van der Waals surface area contributed by atoms with Gasteiger partial charge in [-0.05, 0) is 19.8 Å². The lowest BCUT2D eigenvalue weighted by Gasteiger charge is -2.33. The lowest BCUT2D eigenvalue weighted by atomic mass is 9.95. The maximum absolute atomic E-state index is 13.6. The van der Waals surface area contributed by atoms with Crippen LogP contribution in [0.4, 0.5) is 10.3 Å². The number of hydrogen-bond donors (Lipinski definition) is 1. The smallest absolute Gasteiger partial charge is 0.219 e. The first-order valence-electron chi connectivity index (χ1n) is 5.53. The van der Waals surface area contributed by atoms with E-state index in [2.05, 4.69) is 14.9 Å². The molecule has 0 spiro atoms. The average Bonchev–Trinajstić information content (AvgIpc) is 2.24. The Balaban J connectivity index is 1.89. The van der Waals surface area contributed by atoms with Crippen LogP contribution in [0.25, 0.3) is 0 Å². The quantitative estimate of drug-likeness (QED) is 0.824. The molecule has 4 nitrogen and oxygen atoms in total. The van der Waals surface area contributed by atoms with Crippen LogP contribution in [0.2, 0.25) is 0 Å². The summed E-state index contributed by atoms with van der Waals surface area (Å²) in [6.45, 7) is 4.03. The van der Waals surface area contributed by atoms with Gasteiger partial charge in [-0.1, -0.05) is 0 Å². The Labute approximate surface area is 94.7 Å². The normalized spacial score (nSPS) is 20.9. The number of aromatic nitrogens is 2. The Bertz CT molecular complexity index is 340. The van der Waals surface area contributed by atoms with Gasteiger partial charge in [0, 0.05) is 37.6 Å². The molecule has 88 valence electrons. The van der Waals surface area contributed by atoms with Gasteiger partial charge in [-0.2, -0.15) is 0 Å². The van der Waals surface area contributed by atoms with Crippen molar-refractivity contribution in [2.24, 2.45) is 0 Å². The van der Waals surface area contributed by atoms with E-state index in [-0.39, 0.29) is 0 Å². The minimum absolute atomic E-state index is 0.290. The van der Waals surface area contributed by atoms with E-state index in [0.29, 0.717) is 18.8 Å². The first-order valence-corrected chi connectivity index (χ1v) is 5.53. The number of alkyl halides is 1. The van der Waals surface area contributed by atoms with Gasteiger partial charge in [0.1, 0.15) is 5.67 Å². The van der Waals surface area contributed by atoms with Crippen LogP contribution in [0.3, 0.4) is 0 Å². The van der Waals surface area contributed by atoms with Crippen molar-refractivity contribution < 1.29 is 4.39 Å². The third-order valence-electron chi connectivity index (χ3n) is 3.03. The van der Waals surface area contributed by atoms with Crippen molar-refractivity contribution in [3.8, 4) is 0 Å². The molecule has 0 aliphatic carbocycles. The summed E-state index contributed by atoms with van der Waals surface area (Å²) in [5, 5.41) is 0. The van der Waals surface area contributed by atoms with E-state index in [4.69, 9.17) is 5.73 Å². The zero-order valence-electron chi connectivity index (χ0n) is 9.49. The third kappa shape index (κ3) is 2.88. The van der Waals surface area contributed by atoms with Gasteiger partial charge in [-0.15, -0.1) is 0 Å². The number of hydrogen-bond acceptors (Lipinski definition) is 4. The molecule has 0 atom stereocenters. The minimum Gasteiger partial charge on any atom is -0.368 e. The molecule has 2 rings (SSSR count). The molecule has 2 heterocycles. The number of piperidine rings is 1. The van der Waals surface area contributed by atoms with E-state index < -0.39 is 5.67 Å². The van der Waals surface area contributed by atoms with Gasteiger partial charge in [0.15, 0.2) is 0 Å². The molecule has 0 radical (unpaired) electrons. The number of nitrogens with two attached hydrogens (primary N) is 1. The predicted molar refractivity (Wildman–Crippen MR) is 60.5 cm³/mol. The summed E-state index contributed by atoms with van der Waals surface area (Å²) >= 11 is 0. The van der Waals surface area contributed by atoms with Gasteiger partial charge in [0.25, 0.3) is 0 Å². The van der Waals surface area contributed by atoms with Crippen molar-refractivity contribution in [2.75, 3.05) is 18.8 Å². The molecule has 1 aliphatic rings. The summed E-state index contributed by atoms with van der Waals surface area (Å²) in [6.07, 6.45) is 4.66. The molecule has 5 heteroatoms. The summed E-state index contributed by atoms with van der Waals surface area (Å²) in [5.41, 5.74) is 5.44. The first-order chi connectivity index (χ1) is 7.55. The summed E-state index contributed by atoms with van der Waals surface area (Å²) in [6, 6.07) is 0. The molecular weight excluding hydrogens is 207 g/mol. The molecule has 0 bridgehead atoms. The number of likely N-dealkylation sites (tertiary alicyclic amines) is 1. The molecule has 2 N–H and O–H groups in total. The van der Waals surface area contributed by atoms with Crippen molar-refractivity contribution in [1.82, 2.24) is 14.9 Å². The highest BCUT2D eigenvalue weighted by Crippen LogP contribution is 2.26. The highest BCUT2D eigenvalue weighted by atomic mass is 19.1. The van der Waals surface area contributed by atoms with E-state index in [1.165, 1.54) is 0 Å². The molecule has 0 amide bonds. The van der Waals surface area contributed by atoms with Gasteiger partial charge in [0.05, 0.1) is 0 Å². The first kappa shape index (κ1) is 11.3. The molecule has 0 unspecified atom stereocenters. The predicted octanol–water partition coefficient (Wildman–Crippen LogP) is 1.38. The van der Waals surface area contributed by atoms with E-state index in [1.54, 1.807) is 19.3 Å². The zero-order valence-corrected chi connectivity index (χ0v) is 9.49. The van der Waals surface area contributed by atoms with Crippen LogP contribution in [-0.2, 0) is 6.54 Å². The Kier molecular flexibility index (Phi) is 3.05. The molecule has 1 aromatic heterocycles. The highest BCUT2D eigenvalue weighted by molar-refractivity contribution is 5.17. The van der Waals surface area contributed by atoms with E-state index >= 15 is 0 Å². The third-order valence-corrected chi connectivity index (χ3v) is 3.03.